The average Bonchev–Trinajstić information content (AvgIpc) is 3.26. The molecular weight excluding hydrogens is 599 g/mol. The van der Waals surface area contributed by atoms with E-state index in [1.807, 2.05) is 0 Å². The summed E-state index contributed by atoms with van der Waals surface area (Å²) in [6, 6.07) is 5.35. The lowest BCUT2D eigenvalue weighted by atomic mass is 9.69. The molecule has 1 spiro atoms. The normalized spacial score (nSPS) is 25.3. The summed E-state index contributed by atoms with van der Waals surface area (Å²) in [4.78, 5) is 0. The van der Waals surface area contributed by atoms with Gasteiger partial charge in [-0.3, -0.25) is 5.21 Å². The molecule has 248 valence electrons. The second kappa shape index (κ2) is 11.3. The Kier molecular flexibility index (Phi) is 8.29. The average molecular weight is 649 g/mol. The summed E-state index contributed by atoms with van der Waals surface area (Å²) in [7, 11) is -2.26. The lowest BCUT2D eigenvalue weighted by molar-refractivity contribution is -0.916. The van der Waals surface area contributed by atoms with Crippen LogP contribution >= 0.6 is 0 Å². The van der Waals surface area contributed by atoms with Gasteiger partial charge in [0.25, 0.3) is 0 Å². The van der Waals surface area contributed by atoms with Crippen LogP contribution in [0.2, 0.25) is 18.1 Å². The molecule has 2 aromatic rings. The molecular formula is C35H49F3NO5Si+. The number of halogens is 3. The molecule has 2 unspecified atom stereocenters. The van der Waals surface area contributed by atoms with Crippen molar-refractivity contribution in [3.05, 3.63) is 63.5 Å². The number of pyridine rings is 1. The predicted molar refractivity (Wildman–Crippen MR) is 166 cm³/mol. The molecule has 6 rings (SSSR count). The molecule has 4 aliphatic rings. The minimum atomic E-state index is -4.43. The number of hydrogen-bond acceptors (Lipinski definition) is 5. The molecule has 6 nitrogen and oxygen atoms in total. The fraction of sp³-hybridized carbons (Fsp3) is 0.686. The predicted octanol–water partition coefficient (Wildman–Crippen LogP) is 8.28. The summed E-state index contributed by atoms with van der Waals surface area (Å²) in [5.41, 5.74) is 3.81. The molecule has 0 bridgehead atoms. The molecule has 2 saturated heterocycles. The molecule has 2 fully saturated rings. The summed E-state index contributed by atoms with van der Waals surface area (Å²) < 4.78 is 68.3. The Morgan fingerprint density at radius 1 is 0.933 bits per heavy atom. The highest BCUT2D eigenvalue weighted by molar-refractivity contribution is 6.74. The molecule has 10 heteroatoms. The zero-order valence-corrected chi connectivity index (χ0v) is 28.8. The van der Waals surface area contributed by atoms with Gasteiger partial charge in [0.15, 0.2) is 8.32 Å². The number of benzene rings is 1. The minimum absolute atomic E-state index is 0.0168. The van der Waals surface area contributed by atoms with E-state index < -0.39 is 31.8 Å². The van der Waals surface area contributed by atoms with Crippen molar-refractivity contribution in [2.45, 2.75) is 121 Å². The van der Waals surface area contributed by atoms with E-state index >= 15 is 0 Å². The van der Waals surface area contributed by atoms with Crippen LogP contribution in [-0.2, 0) is 36.8 Å². The van der Waals surface area contributed by atoms with Gasteiger partial charge in [-0.2, -0.15) is 13.2 Å². The lowest BCUT2D eigenvalue weighted by Gasteiger charge is -2.45. The maximum atomic E-state index is 13.6. The molecule has 0 amide bonds. The fourth-order valence-electron chi connectivity index (χ4n) is 7.68. The van der Waals surface area contributed by atoms with Crippen LogP contribution in [0.15, 0.2) is 24.3 Å². The Morgan fingerprint density at radius 3 is 2.11 bits per heavy atom. The van der Waals surface area contributed by atoms with Crippen molar-refractivity contribution in [1.82, 2.24) is 0 Å². The maximum absolute atomic E-state index is 13.6. The van der Waals surface area contributed by atoms with Crippen LogP contribution in [0.5, 0.6) is 0 Å². The molecule has 2 atom stereocenters. The van der Waals surface area contributed by atoms with Gasteiger partial charge in [0.2, 0.25) is 11.4 Å². The maximum Gasteiger partial charge on any atom is 0.416 e. The number of rotatable bonds is 4. The highest BCUT2D eigenvalue weighted by Crippen LogP contribution is 2.59. The number of nitrogens with zero attached hydrogens (tertiary/aromatic N) is 1. The van der Waals surface area contributed by atoms with Gasteiger partial charge in [-0.05, 0) is 60.5 Å². The summed E-state index contributed by atoms with van der Waals surface area (Å²) in [6.45, 7) is 18.0. The van der Waals surface area contributed by atoms with E-state index in [9.17, 15) is 18.4 Å². The molecule has 3 aliphatic heterocycles. The third-order valence-corrected chi connectivity index (χ3v) is 15.6. The number of hydrogen-bond donors (Lipinski definition) is 1. The first-order valence-corrected chi connectivity index (χ1v) is 19.4. The Bertz CT molecular complexity index is 1420. The largest absolute Gasteiger partial charge is 0.416 e. The van der Waals surface area contributed by atoms with Crippen molar-refractivity contribution in [3.8, 4) is 0 Å². The van der Waals surface area contributed by atoms with Gasteiger partial charge in [0, 0.05) is 56.0 Å². The van der Waals surface area contributed by atoms with E-state index in [-0.39, 0.29) is 22.5 Å². The molecule has 45 heavy (non-hydrogen) atoms. The second-order valence-electron chi connectivity index (χ2n) is 15.9. The van der Waals surface area contributed by atoms with Crippen molar-refractivity contribution in [3.63, 3.8) is 0 Å². The van der Waals surface area contributed by atoms with Crippen LogP contribution in [0.3, 0.4) is 0 Å². The third-order valence-electron chi connectivity index (χ3n) is 11.1. The topological polar surface area (TPSA) is 61.0 Å². The Labute approximate surface area is 266 Å². The first-order valence-electron chi connectivity index (χ1n) is 16.5. The number of fused-ring (bicyclic) bond motifs is 4. The van der Waals surface area contributed by atoms with Gasteiger partial charge >= 0.3 is 6.18 Å². The lowest BCUT2D eigenvalue weighted by Crippen LogP contribution is -2.51. The second-order valence-corrected chi connectivity index (χ2v) is 20.6. The standard InChI is InChI=1S/C35H49F3NO5Si/c1-32(2,3)45(6,7)44-26-21-33(4,5)20-25-27(26)29-28(30(39(25)40)22-12-16-41-17-13-22)31(43-34(29)14-18-42-19-15-34)23-8-10-24(11-9-23)35(36,37)38/h8-11,22,26,31,40H,12-21H2,1-7H3/q+1. The van der Waals surface area contributed by atoms with Crippen molar-refractivity contribution >= 4 is 8.32 Å². The third kappa shape index (κ3) is 5.87. The van der Waals surface area contributed by atoms with Crippen LogP contribution in [0.25, 0.3) is 0 Å². The van der Waals surface area contributed by atoms with Gasteiger partial charge in [-0.25, -0.2) is 0 Å². The summed E-state index contributed by atoms with van der Waals surface area (Å²) in [6.07, 6.45) is -1.10. The summed E-state index contributed by atoms with van der Waals surface area (Å²) in [5, 5.41) is 12.3. The molecule has 1 aromatic carbocycles. The van der Waals surface area contributed by atoms with Crippen LogP contribution < -0.4 is 4.73 Å². The van der Waals surface area contributed by atoms with E-state index in [0.29, 0.717) is 51.3 Å². The van der Waals surface area contributed by atoms with E-state index in [2.05, 4.69) is 47.7 Å². The van der Waals surface area contributed by atoms with Gasteiger partial charge in [-0.1, -0.05) is 46.8 Å². The first-order chi connectivity index (χ1) is 20.9. The van der Waals surface area contributed by atoms with Gasteiger partial charge in [-0.15, -0.1) is 0 Å². The SMILES string of the molecule is CC1(C)Cc2c(c3c(c(C4CCOCC4)[n+]2O)C(c2ccc(C(F)(F)F)cc2)OC32CCOCC2)C(O[Si](C)(C)C(C)(C)C)C1. The molecule has 4 heterocycles. The smallest absolute Gasteiger partial charge is 0.410 e. The van der Waals surface area contributed by atoms with Gasteiger partial charge in [0.05, 0.1) is 34.3 Å². The highest BCUT2D eigenvalue weighted by Gasteiger charge is 2.57. The van der Waals surface area contributed by atoms with E-state index in [1.165, 1.54) is 16.9 Å². The van der Waals surface area contributed by atoms with Crippen molar-refractivity contribution in [1.29, 1.82) is 0 Å². The van der Waals surface area contributed by atoms with Crippen LogP contribution in [-0.4, -0.2) is 40.0 Å². The van der Waals surface area contributed by atoms with E-state index in [1.54, 1.807) is 0 Å². The Balaban J connectivity index is 1.64. The number of ether oxygens (including phenoxy) is 3. The summed E-state index contributed by atoms with van der Waals surface area (Å²) >= 11 is 0. The quantitative estimate of drug-likeness (QED) is 0.205. The van der Waals surface area contributed by atoms with Crippen LogP contribution in [0, 0.1) is 5.41 Å². The van der Waals surface area contributed by atoms with Crippen LogP contribution in [0.1, 0.15) is 124 Å². The van der Waals surface area contributed by atoms with E-state index in [4.69, 9.17) is 18.6 Å². The van der Waals surface area contributed by atoms with Gasteiger partial charge < -0.3 is 18.6 Å². The molecule has 1 aliphatic carbocycles. The Morgan fingerprint density at radius 2 is 1.53 bits per heavy atom. The van der Waals surface area contributed by atoms with Crippen LogP contribution in [0.4, 0.5) is 13.2 Å². The van der Waals surface area contributed by atoms with Gasteiger partial charge in [0.1, 0.15) is 6.10 Å². The molecule has 1 N–H and O–H groups in total. The van der Waals surface area contributed by atoms with Crippen molar-refractivity contribution < 1.29 is 41.7 Å². The highest BCUT2D eigenvalue weighted by atomic mass is 28.4. The number of alkyl halides is 3. The summed E-state index contributed by atoms with van der Waals surface area (Å²) in [5.74, 6) is 0.0168. The zero-order valence-electron chi connectivity index (χ0n) is 27.8. The fourth-order valence-corrected chi connectivity index (χ4v) is 8.95. The van der Waals surface area contributed by atoms with Crippen molar-refractivity contribution in [2.24, 2.45) is 5.41 Å². The number of aromatic nitrogens is 1. The molecule has 0 saturated carbocycles. The molecule has 0 radical (unpaired) electrons. The van der Waals surface area contributed by atoms with E-state index in [0.717, 1.165) is 59.5 Å². The van der Waals surface area contributed by atoms with Crippen molar-refractivity contribution in [2.75, 3.05) is 26.4 Å². The monoisotopic (exact) mass is 648 g/mol. The Hall–Kier alpha value is -1.98. The minimum Gasteiger partial charge on any atom is -0.410 e. The molecule has 1 aromatic heterocycles. The first kappa shape index (κ1) is 32.9. The zero-order chi connectivity index (χ0) is 32.6.